The number of ether oxygens (including phenoxy) is 1. The van der Waals surface area contributed by atoms with Crippen LogP contribution in [0.2, 0.25) is 5.02 Å². The molecule has 6 nitrogen and oxygen atoms in total. The smallest absolute Gasteiger partial charge is 0.313 e. The zero-order valence-electron chi connectivity index (χ0n) is 10.2. The normalized spacial score (nSPS) is 11.1. The van der Waals surface area contributed by atoms with Crippen molar-refractivity contribution in [2.45, 2.75) is 11.7 Å². The third-order valence-electron chi connectivity index (χ3n) is 2.41. The minimum absolute atomic E-state index is 0.0542. The molecule has 2 aromatic rings. The van der Waals surface area contributed by atoms with Gasteiger partial charge in [-0.15, -0.1) is 0 Å². The number of rotatable bonds is 6. The summed E-state index contributed by atoms with van der Waals surface area (Å²) in [6.07, 6.45) is 3.15. The van der Waals surface area contributed by atoms with Gasteiger partial charge in [0.2, 0.25) is 0 Å². The number of halogens is 1. The molecule has 0 atom stereocenters. The molecule has 0 fully saturated rings. The molecule has 0 unspecified atom stereocenters. The Morgan fingerprint density at radius 3 is 3.05 bits per heavy atom. The highest BCUT2D eigenvalue weighted by Gasteiger charge is 2.15. The third-order valence-corrected chi connectivity index (χ3v) is 3.65. The van der Waals surface area contributed by atoms with Gasteiger partial charge in [0.25, 0.3) is 0 Å². The van der Waals surface area contributed by atoms with E-state index in [0.29, 0.717) is 28.8 Å². The van der Waals surface area contributed by atoms with E-state index in [4.69, 9.17) is 21.4 Å². The number of carboxylic acids is 1. The number of hydrogen-bond acceptors (Lipinski definition) is 5. The topological polar surface area (TPSA) is 77.2 Å². The average molecular weight is 302 g/mol. The SMILES string of the molecule is COCCn1c(SCC(=O)O)nc2cncc(Cl)c21. The highest BCUT2D eigenvalue weighted by Crippen LogP contribution is 2.28. The maximum atomic E-state index is 10.7. The minimum Gasteiger partial charge on any atom is -0.481 e. The maximum Gasteiger partial charge on any atom is 0.313 e. The summed E-state index contributed by atoms with van der Waals surface area (Å²) >= 11 is 7.28. The van der Waals surface area contributed by atoms with Crippen LogP contribution >= 0.6 is 23.4 Å². The number of carboxylic acid groups (broad SMARTS) is 1. The second-order valence-corrected chi connectivity index (χ2v) is 5.06. The summed E-state index contributed by atoms with van der Waals surface area (Å²) in [5.74, 6) is -0.944. The number of carbonyl (C=O) groups is 1. The van der Waals surface area contributed by atoms with Crippen LogP contribution in [0.25, 0.3) is 11.0 Å². The molecule has 2 aromatic heterocycles. The fourth-order valence-electron chi connectivity index (χ4n) is 1.65. The van der Waals surface area contributed by atoms with Crippen molar-refractivity contribution >= 4 is 40.4 Å². The van der Waals surface area contributed by atoms with Crippen LogP contribution in [0.5, 0.6) is 0 Å². The van der Waals surface area contributed by atoms with E-state index in [-0.39, 0.29) is 5.75 Å². The average Bonchev–Trinajstić information content (AvgIpc) is 2.73. The molecule has 0 saturated carbocycles. The molecule has 19 heavy (non-hydrogen) atoms. The quantitative estimate of drug-likeness (QED) is 0.821. The summed E-state index contributed by atoms with van der Waals surface area (Å²) in [5.41, 5.74) is 1.40. The van der Waals surface area contributed by atoms with Gasteiger partial charge in [-0.25, -0.2) is 4.98 Å². The van der Waals surface area contributed by atoms with E-state index in [9.17, 15) is 4.79 Å². The van der Waals surface area contributed by atoms with Crippen molar-refractivity contribution in [2.75, 3.05) is 19.5 Å². The van der Waals surface area contributed by atoms with E-state index in [1.807, 2.05) is 4.57 Å². The molecular formula is C11H12ClN3O3S. The Balaban J connectivity index is 2.42. The number of thioether (sulfide) groups is 1. The van der Waals surface area contributed by atoms with Crippen LogP contribution < -0.4 is 0 Å². The van der Waals surface area contributed by atoms with E-state index in [1.165, 1.54) is 0 Å². The summed E-state index contributed by atoms with van der Waals surface area (Å²) in [6.45, 7) is 1.05. The Labute approximate surface area is 118 Å². The van der Waals surface area contributed by atoms with Gasteiger partial charge in [-0.2, -0.15) is 0 Å². The lowest BCUT2D eigenvalue weighted by Crippen LogP contribution is -2.07. The number of nitrogens with zero attached hydrogens (tertiary/aromatic N) is 3. The first-order valence-corrected chi connectivity index (χ1v) is 6.83. The van der Waals surface area contributed by atoms with Gasteiger partial charge in [0.15, 0.2) is 5.16 Å². The Kier molecular flexibility index (Phi) is 4.62. The molecule has 1 N–H and O–H groups in total. The second-order valence-electron chi connectivity index (χ2n) is 3.71. The summed E-state index contributed by atoms with van der Waals surface area (Å²) in [4.78, 5) is 19.0. The van der Waals surface area contributed by atoms with Crippen LogP contribution in [-0.2, 0) is 16.1 Å². The first-order chi connectivity index (χ1) is 9.13. The summed E-state index contributed by atoms with van der Waals surface area (Å²) in [7, 11) is 1.60. The lowest BCUT2D eigenvalue weighted by Gasteiger charge is -2.07. The highest BCUT2D eigenvalue weighted by molar-refractivity contribution is 7.99. The van der Waals surface area contributed by atoms with Crippen LogP contribution in [0.4, 0.5) is 0 Å². The molecule has 0 aliphatic carbocycles. The van der Waals surface area contributed by atoms with E-state index >= 15 is 0 Å². The number of imidazole rings is 1. The fourth-order valence-corrected chi connectivity index (χ4v) is 2.66. The van der Waals surface area contributed by atoms with E-state index in [1.54, 1.807) is 19.5 Å². The lowest BCUT2D eigenvalue weighted by molar-refractivity contribution is -0.133. The highest BCUT2D eigenvalue weighted by atomic mass is 35.5. The molecule has 0 bridgehead atoms. The maximum absolute atomic E-state index is 10.7. The van der Waals surface area contributed by atoms with E-state index in [2.05, 4.69) is 9.97 Å². The molecule has 0 radical (unpaired) electrons. The van der Waals surface area contributed by atoms with Gasteiger partial charge >= 0.3 is 5.97 Å². The van der Waals surface area contributed by atoms with Crippen molar-refractivity contribution in [1.29, 1.82) is 0 Å². The Hall–Kier alpha value is -1.31. The summed E-state index contributed by atoms with van der Waals surface area (Å²) in [6, 6.07) is 0. The van der Waals surface area contributed by atoms with Crippen molar-refractivity contribution in [2.24, 2.45) is 0 Å². The van der Waals surface area contributed by atoms with Gasteiger partial charge in [0.05, 0.1) is 29.1 Å². The standard InChI is InChI=1S/C11H12ClN3O3S/c1-18-3-2-15-10-7(12)4-13-5-8(10)14-11(15)19-6-9(16)17/h4-5H,2-3,6H2,1H3,(H,16,17). The third kappa shape index (κ3) is 3.17. The van der Waals surface area contributed by atoms with Crippen LogP contribution in [0.3, 0.4) is 0 Å². The summed E-state index contributed by atoms with van der Waals surface area (Å²) < 4.78 is 6.91. The molecule has 0 spiro atoms. The predicted octanol–water partition coefficient (Wildman–Crippen LogP) is 1.91. The van der Waals surface area contributed by atoms with E-state index < -0.39 is 5.97 Å². The van der Waals surface area contributed by atoms with Crippen molar-refractivity contribution in [1.82, 2.24) is 14.5 Å². The van der Waals surface area contributed by atoms with Crippen molar-refractivity contribution in [3.8, 4) is 0 Å². The monoisotopic (exact) mass is 301 g/mol. The molecule has 2 rings (SSSR count). The van der Waals surface area contributed by atoms with Gasteiger partial charge < -0.3 is 14.4 Å². The van der Waals surface area contributed by atoms with Crippen molar-refractivity contribution < 1.29 is 14.6 Å². The van der Waals surface area contributed by atoms with Gasteiger partial charge in [0, 0.05) is 19.9 Å². The van der Waals surface area contributed by atoms with Crippen LogP contribution in [0.15, 0.2) is 17.6 Å². The number of aliphatic carboxylic acids is 1. The Bertz CT molecular complexity index is 602. The summed E-state index contributed by atoms with van der Waals surface area (Å²) in [5, 5.41) is 9.84. The predicted molar refractivity (Wildman–Crippen MR) is 72.8 cm³/mol. The molecule has 0 aliphatic rings. The number of fused-ring (bicyclic) bond motifs is 1. The number of hydrogen-bond donors (Lipinski definition) is 1. The molecule has 102 valence electrons. The van der Waals surface area contributed by atoms with Gasteiger partial charge in [-0.3, -0.25) is 9.78 Å². The molecule has 8 heteroatoms. The molecule has 2 heterocycles. The zero-order valence-corrected chi connectivity index (χ0v) is 11.7. The Morgan fingerprint density at radius 1 is 1.58 bits per heavy atom. The molecule has 0 aliphatic heterocycles. The molecular weight excluding hydrogens is 290 g/mol. The molecule has 0 aromatic carbocycles. The Morgan fingerprint density at radius 2 is 2.37 bits per heavy atom. The first-order valence-electron chi connectivity index (χ1n) is 5.46. The van der Waals surface area contributed by atoms with Gasteiger partial charge in [-0.05, 0) is 0 Å². The number of aromatic nitrogens is 3. The van der Waals surface area contributed by atoms with Crippen LogP contribution in [0, 0.1) is 0 Å². The van der Waals surface area contributed by atoms with Crippen LogP contribution in [0.1, 0.15) is 0 Å². The lowest BCUT2D eigenvalue weighted by atomic mass is 10.4. The van der Waals surface area contributed by atoms with Crippen molar-refractivity contribution in [3.63, 3.8) is 0 Å². The minimum atomic E-state index is -0.889. The number of methoxy groups -OCH3 is 1. The van der Waals surface area contributed by atoms with Crippen LogP contribution in [-0.4, -0.2) is 45.1 Å². The van der Waals surface area contributed by atoms with Crippen molar-refractivity contribution in [3.05, 3.63) is 17.4 Å². The van der Waals surface area contributed by atoms with Gasteiger partial charge in [-0.1, -0.05) is 23.4 Å². The first kappa shape index (κ1) is 14.1. The molecule has 0 saturated heterocycles. The largest absolute Gasteiger partial charge is 0.481 e. The second kappa shape index (κ2) is 6.23. The fraction of sp³-hybridized carbons (Fsp3) is 0.364. The molecule has 0 amide bonds. The number of pyridine rings is 1. The zero-order chi connectivity index (χ0) is 13.8. The van der Waals surface area contributed by atoms with E-state index in [0.717, 1.165) is 17.3 Å². The van der Waals surface area contributed by atoms with Gasteiger partial charge in [0.1, 0.15) is 5.52 Å².